The van der Waals surface area contributed by atoms with E-state index < -0.39 is 17.8 Å². The number of rotatable bonds is 15. The zero-order chi connectivity index (χ0) is 36.4. The van der Waals surface area contributed by atoms with Gasteiger partial charge in [0.1, 0.15) is 6.33 Å². The Kier molecular flexibility index (Phi) is 13.2. The number of ether oxygens (including phenoxy) is 1. The number of unbranched alkanes of at least 4 members (excludes halogenated alkanes) is 5. The Balaban J connectivity index is 1.34. The molecule has 1 aliphatic rings. The van der Waals surface area contributed by atoms with Gasteiger partial charge in [0.25, 0.3) is 0 Å². The summed E-state index contributed by atoms with van der Waals surface area (Å²) in [6.45, 7) is 17.5. The van der Waals surface area contributed by atoms with Gasteiger partial charge in [-0.3, -0.25) is 9.58 Å². The molecule has 0 atom stereocenters. The number of carboxylic acid groups (broad SMARTS) is 1. The lowest BCUT2D eigenvalue weighted by atomic mass is 9.56. The summed E-state index contributed by atoms with van der Waals surface area (Å²) in [6, 6.07) is 19.3. The molecule has 274 valence electrons. The van der Waals surface area contributed by atoms with Gasteiger partial charge in [0.05, 0.1) is 6.61 Å². The van der Waals surface area contributed by atoms with Crippen LogP contribution in [-0.2, 0) is 16.9 Å². The van der Waals surface area contributed by atoms with Crippen LogP contribution in [0.5, 0.6) is 0 Å². The minimum Gasteiger partial charge on any atom is -0.465 e. The summed E-state index contributed by atoms with van der Waals surface area (Å²) in [5.74, 6) is 0.863. The molecule has 1 saturated heterocycles. The molecule has 1 fully saturated rings. The van der Waals surface area contributed by atoms with Crippen LogP contribution < -0.4 is 5.32 Å². The van der Waals surface area contributed by atoms with Crippen molar-refractivity contribution in [1.82, 2.24) is 25.0 Å². The number of piperidine rings is 1. The van der Waals surface area contributed by atoms with Crippen molar-refractivity contribution >= 4 is 12.2 Å². The molecule has 0 unspecified atom stereocenters. The van der Waals surface area contributed by atoms with Crippen LogP contribution in [0, 0.1) is 16.7 Å². The smallest absolute Gasteiger partial charge is 0.416 e. The van der Waals surface area contributed by atoms with Crippen LogP contribution in [0.1, 0.15) is 116 Å². The number of alkyl carbamates (subject to hydrolysis) is 1. The Morgan fingerprint density at radius 1 is 0.820 bits per heavy atom. The monoisotopic (exact) mass is 689 g/mol. The first kappa shape index (κ1) is 39.0. The third-order valence-corrected chi connectivity index (χ3v) is 10.7. The topological polar surface area (TPSA) is 130 Å². The molecular weight excluding hydrogens is 630 g/mol. The van der Waals surface area contributed by atoms with E-state index in [0.29, 0.717) is 11.7 Å². The largest absolute Gasteiger partial charge is 0.465 e. The van der Waals surface area contributed by atoms with Gasteiger partial charge >= 0.3 is 12.2 Å². The molecule has 3 aromatic rings. The van der Waals surface area contributed by atoms with Gasteiger partial charge in [-0.15, -0.1) is 0 Å². The first-order valence-corrected chi connectivity index (χ1v) is 18.3. The number of nitrogens with zero attached hydrogens (tertiary/aromatic N) is 4. The molecule has 1 aromatic heterocycles. The summed E-state index contributed by atoms with van der Waals surface area (Å²) in [4.78, 5) is 29.3. The number of nitrogens with one attached hydrogen (secondary N) is 1. The Morgan fingerprint density at radius 2 is 1.34 bits per heavy atom. The highest BCUT2D eigenvalue weighted by Crippen LogP contribution is 2.52. The molecule has 4 rings (SSSR count). The van der Waals surface area contributed by atoms with Crippen LogP contribution in [0.15, 0.2) is 67.0 Å². The first-order valence-electron chi connectivity index (χ1n) is 18.3. The summed E-state index contributed by atoms with van der Waals surface area (Å²) in [7, 11) is 0. The fraction of sp³-hybridized carbons (Fsp3) is 0.600. The highest BCUT2D eigenvalue weighted by atomic mass is 16.6. The summed E-state index contributed by atoms with van der Waals surface area (Å²) in [5, 5.41) is 27.3. The van der Waals surface area contributed by atoms with Crippen LogP contribution in [0.4, 0.5) is 9.59 Å². The molecule has 50 heavy (non-hydrogen) atoms. The number of carbonyl (C=O) groups excluding carboxylic acids is 1. The maximum atomic E-state index is 12.1. The van der Waals surface area contributed by atoms with Crippen LogP contribution >= 0.6 is 0 Å². The molecule has 0 bridgehead atoms. The SMILES string of the molecule is CC(C)(C)C(CCCCCCCCOC(=O)NC(=O)O)(N1CCC(Cn2cnc(C(O)(c3ccccc3)c3ccccc3)n2)CC1)C(C)(C)C. The molecule has 0 aliphatic carbocycles. The first-order chi connectivity index (χ1) is 23.7. The van der Waals surface area contributed by atoms with E-state index >= 15 is 0 Å². The number of imide groups is 1. The Bertz CT molecular complexity index is 1430. The maximum absolute atomic E-state index is 12.1. The summed E-state index contributed by atoms with van der Waals surface area (Å²) in [5.41, 5.74) is 0.226. The summed E-state index contributed by atoms with van der Waals surface area (Å²) >= 11 is 0. The minimum atomic E-state index is -1.44. The Morgan fingerprint density at radius 3 is 1.86 bits per heavy atom. The lowest BCUT2D eigenvalue weighted by Crippen LogP contribution is -2.66. The second-order valence-corrected chi connectivity index (χ2v) is 16.0. The molecule has 10 nitrogen and oxygen atoms in total. The molecule has 2 aromatic carbocycles. The van der Waals surface area contributed by atoms with Crippen molar-refractivity contribution < 1.29 is 24.5 Å². The highest BCUT2D eigenvalue weighted by molar-refractivity contribution is 5.86. The molecule has 0 spiro atoms. The van der Waals surface area contributed by atoms with E-state index in [1.165, 1.54) is 0 Å². The van der Waals surface area contributed by atoms with E-state index in [2.05, 4.69) is 51.4 Å². The standard InChI is InChI=1S/C40H59N5O5/c1-37(2,3)39(38(4,5)6,25-17-9-7-8-10-18-28-50-36(48)42-35(46)47)44-26-23-31(24-27-44)29-45-30-41-34(43-45)40(49,32-19-13-11-14-20-32)33-21-15-12-16-22-33/h11-16,19-22,30-31,49H,7-10,17-18,23-29H2,1-6H3,(H,42,48)(H,46,47). The number of benzene rings is 2. The Labute approximate surface area is 298 Å². The number of amides is 2. The molecule has 3 N–H and O–H groups in total. The van der Waals surface area contributed by atoms with E-state index in [4.69, 9.17) is 14.9 Å². The number of carbonyl (C=O) groups is 2. The van der Waals surface area contributed by atoms with Crippen molar-refractivity contribution in [3.63, 3.8) is 0 Å². The van der Waals surface area contributed by atoms with E-state index in [1.807, 2.05) is 65.3 Å². The average Bonchev–Trinajstić information content (AvgIpc) is 3.54. The highest BCUT2D eigenvalue weighted by Gasteiger charge is 2.54. The van der Waals surface area contributed by atoms with Gasteiger partial charge in [-0.1, -0.05) is 134 Å². The van der Waals surface area contributed by atoms with Crippen molar-refractivity contribution in [3.05, 3.63) is 83.9 Å². The lowest BCUT2D eigenvalue weighted by Gasteiger charge is -2.61. The van der Waals surface area contributed by atoms with E-state index in [-0.39, 0.29) is 23.0 Å². The normalized spacial score (nSPS) is 15.2. The third kappa shape index (κ3) is 9.31. The van der Waals surface area contributed by atoms with Crippen molar-refractivity contribution in [2.24, 2.45) is 16.7 Å². The lowest BCUT2D eigenvalue weighted by molar-refractivity contribution is -0.109. The van der Waals surface area contributed by atoms with Crippen LogP contribution in [-0.4, -0.2) is 67.3 Å². The number of aliphatic hydroxyl groups is 1. The predicted molar refractivity (Wildman–Crippen MR) is 196 cm³/mol. The van der Waals surface area contributed by atoms with Gasteiger partial charge in [0, 0.05) is 12.1 Å². The number of hydrogen-bond donors (Lipinski definition) is 3. The van der Waals surface area contributed by atoms with E-state index in [9.17, 15) is 14.7 Å². The van der Waals surface area contributed by atoms with E-state index in [0.717, 1.165) is 88.5 Å². The fourth-order valence-electron chi connectivity index (χ4n) is 8.55. The Hall–Kier alpha value is -3.76. The molecule has 1 aliphatic heterocycles. The minimum absolute atomic E-state index is 0.0264. The second kappa shape index (κ2) is 17.0. The van der Waals surface area contributed by atoms with Crippen molar-refractivity contribution in [1.29, 1.82) is 0 Å². The van der Waals surface area contributed by atoms with Gasteiger partial charge in [0.2, 0.25) is 0 Å². The summed E-state index contributed by atoms with van der Waals surface area (Å²) < 4.78 is 6.82. The average molecular weight is 690 g/mol. The fourth-order valence-corrected chi connectivity index (χ4v) is 8.55. The molecule has 0 radical (unpaired) electrons. The predicted octanol–water partition coefficient (Wildman–Crippen LogP) is 8.24. The van der Waals surface area contributed by atoms with Crippen LogP contribution in [0.25, 0.3) is 0 Å². The van der Waals surface area contributed by atoms with Crippen LogP contribution in [0.3, 0.4) is 0 Å². The van der Waals surface area contributed by atoms with Gasteiger partial charge in [-0.25, -0.2) is 19.9 Å². The molecule has 10 heteroatoms. The molecule has 2 heterocycles. The number of aromatic nitrogens is 3. The molecular formula is C40H59N5O5. The van der Waals surface area contributed by atoms with Gasteiger partial charge < -0.3 is 14.9 Å². The van der Waals surface area contributed by atoms with Crippen molar-refractivity contribution in [3.8, 4) is 0 Å². The zero-order valence-electron chi connectivity index (χ0n) is 31.0. The molecule has 0 saturated carbocycles. The number of likely N-dealkylation sites (tertiary alicyclic amines) is 1. The zero-order valence-corrected chi connectivity index (χ0v) is 31.0. The van der Waals surface area contributed by atoms with Gasteiger partial charge in [-0.05, 0) is 66.6 Å². The quantitative estimate of drug-likeness (QED) is 0.136. The van der Waals surface area contributed by atoms with Crippen molar-refractivity contribution in [2.75, 3.05) is 19.7 Å². The van der Waals surface area contributed by atoms with Crippen LogP contribution in [0.2, 0.25) is 0 Å². The van der Waals surface area contributed by atoms with Gasteiger partial charge in [-0.2, -0.15) is 5.10 Å². The molecule has 2 amide bonds. The second-order valence-electron chi connectivity index (χ2n) is 16.0. The van der Waals surface area contributed by atoms with Crippen molar-refractivity contribution in [2.45, 2.75) is 117 Å². The third-order valence-electron chi connectivity index (χ3n) is 10.7. The van der Waals surface area contributed by atoms with E-state index in [1.54, 1.807) is 11.6 Å². The maximum Gasteiger partial charge on any atom is 0.416 e. The van der Waals surface area contributed by atoms with Gasteiger partial charge in [0.15, 0.2) is 11.4 Å². The summed E-state index contributed by atoms with van der Waals surface area (Å²) in [6.07, 6.45) is 8.91. The number of hydrogen-bond acceptors (Lipinski definition) is 7.